The maximum Gasteiger partial charge on any atom is 0.122 e. The fourth-order valence-corrected chi connectivity index (χ4v) is 1.91. The fraction of sp³-hybridized carbons (Fsp3) is 0.538. The minimum atomic E-state index is 0.0552. The van der Waals surface area contributed by atoms with Crippen molar-refractivity contribution in [1.82, 2.24) is 0 Å². The number of ether oxygens (including phenoxy) is 1. The summed E-state index contributed by atoms with van der Waals surface area (Å²) in [5.74, 6) is 0.976. The van der Waals surface area contributed by atoms with Gasteiger partial charge in [0.1, 0.15) is 5.75 Å². The van der Waals surface area contributed by atoms with Crippen LogP contribution in [-0.4, -0.2) is 12.6 Å². The standard InChI is InChI=1S/C13H19NO/c1-3-10-4-5-12(15-2)11(8-10)9-13(14)6-7-13/h4-5,8H,3,6-7,9,14H2,1-2H3. The van der Waals surface area contributed by atoms with Crippen molar-refractivity contribution in [3.8, 4) is 5.75 Å². The van der Waals surface area contributed by atoms with E-state index in [-0.39, 0.29) is 5.54 Å². The second-order valence-corrected chi connectivity index (χ2v) is 4.54. The highest BCUT2D eigenvalue weighted by Crippen LogP contribution is 2.37. The number of benzene rings is 1. The lowest BCUT2D eigenvalue weighted by Crippen LogP contribution is -2.24. The van der Waals surface area contributed by atoms with Crippen molar-refractivity contribution in [2.24, 2.45) is 5.73 Å². The molecule has 0 spiro atoms. The summed E-state index contributed by atoms with van der Waals surface area (Å²) >= 11 is 0. The number of methoxy groups -OCH3 is 1. The number of aryl methyl sites for hydroxylation is 1. The van der Waals surface area contributed by atoms with Gasteiger partial charge >= 0.3 is 0 Å². The van der Waals surface area contributed by atoms with Crippen LogP contribution >= 0.6 is 0 Å². The van der Waals surface area contributed by atoms with Gasteiger partial charge in [0.25, 0.3) is 0 Å². The molecule has 0 radical (unpaired) electrons. The van der Waals surface area contributed by atoms with E-state index in [1.165, 1.54) is 11.1 Å². The lowest BCUT2D eigenvalue weighted by Gasteiger charge is -2.13. The van der Waals surface area contributed by atoms with Crippen LogP contribution in [0.4, 0.5) is 0 Å². The summed E-state index contributed by atoms with van der Waals surface area (Å²) in [4.78, 5) is 0. The SMILES string of the molecule is CCc1ccc(OC)c(CC2(N)CC2)c1. The van der Waals surface area contributed by atoms with Gasteiger partial charge in [-0.2, -0.15) is 0 Å². The number of rotatable bonds is 4. The molecule has 0 atom stereocenters. The molecule has 2 rings (SSSR count). The van der Waals surface area contributed by atoms with Gasteiger partial charge in [0.2, 0.25) is 0 Å². The third-order valence-electron chi connectivity index (χ3n) is 3.19. The molecule has 1 aromatic rings. The summed E-state index contributed by atoms with van der Waals surface area (Å²) in [6.07, 6.45) is 4.30. The van der Waals surface area contributed by atoms with Gasteiger partial charge in [-0.1, -0.05) is 19.1 Å². The van der Waals surface area contributed by atoms with E-state index >= 15 is 0 Å². The first-order valence-electron chi connectivity index (χ1n) is 5.61. The minimum absolute atomic E-state index is 0.0552. The predicted molar refractivity (Wildman–Crippen MR) is 62.2 cm³/mol. The van der Waals surface area contributed by atoms with Crippen LogP contribution in [-0.2, 0) is 12.8 Å². The van der Waals surface area contributed by atoms with Crippen LogP contribution < -0.4 is 10.5 Å². The van der Waals surface area contributed by atoms with Gasteiger partial charge in [-0.25, -0.2) is 0 Å². The van der Waals surface area contributed by atoms with Crippen molar-refractivity contribution < 1.29 is 4.74 Å². The molecule has 2 N–H and O–H groups in total. The van der Waals surface area contributed by atoms with Crippen molar-refractivity contribution in [2.75, 3.05) is 7.11 Å². The highest BCUT2D eigenvalue weighted by molar-refractivity contribution is 5.39. The van der Waals surface area contributed by atoms with Crippen LogP contribution in [0.5, 0.6) is 5.75 Å². The van der Waals surface area contributed by atoms with E-state index in [0.29, 0.717) is 0 Å². The molecular formula is C13H19NO. The average molecular weight is 205 g/mol. The molecule has 82 valence electrons. The topological polar surface area (TPSA) is 35.2 Å². The van der Waals surface area contributed by atoms with E-state index in [9.17, 15) is 0 Å². The molecule has 2 nitrogen and oxygen atoms in total. The Labute approximate surface area is 91.4 Å². The third kappa shape index (κ3) is 2.32. The molecule has 0 saturated heterocycles. The molecule has 0 aliphatic heterocycles. The molecule has 0 aromatic heterocycles. The highest BCUT2D eigenvalue weighted by atomic mass is 16.5. The Kier molecular flexibility index (Phi) is 2.70. The molecule has 1 aliphatic rings. The molecular weight excluding hydrogens is 186 g/mol. The van der Waals surface area contributed by atoms with Crippen LogP contribution in [0, 0.1) is 0 Å². The van der Waals surface area contributed by atoms with Crippen molar-refractivity contribution in [3.05, 3.63) is 29.3 Å². The van der Waals surface area contributed by atoms with Gasteiger partial charge in [0.05, 0.1) is 7.11 Å². The second kappa shape index (κ2) is 3.86. The Balaban J connectivity index is 2.25. The maximum atomic E-state index is 6.14. The summed E-state index contributed by atoms with van der Waals surface area (Å²) in [5, 5.41) is 0. The monoisotopic (exact) mass is 205 g/mol. The van der Waals surface area contributed by atoms with Crippen molar-refractivity contribution >= 4 is 0 Å². The van der Waals surface area contributed by atoms with Gasteiger partial charge < -0.3 is 10.5 Å². The smallest absolute Gasteiger partial charge is 0.122 e. The Hall–Kier alpha value is -1.02. The third-order valence-corrected chi connectivity index (χ3v) is 3.19. The second-order valence-electron chi connectivity index (χ2n) is 4.54. The summed E-state index contributed by atoms with van der Waals surface area (Å²) < 4.78 is 5.36. The fourth-order valence-electron chi connectivity index (χ4n) is 1.91. The van der Waals surface area contributed by atoms with E-state index in [0.717, 1.165) is 31.4 Å². The van der Waals surface area contributed by atoms with Gasteiger partial charge in [0, 0.05) is 5.54 Å². The van der Waals surface area contributed by atoms with Crippen LogP contribution in [0.3, 0.4) is 0 Å². The predicted octanol–water partition coefficient (Wildman–Crippen LogP) is 2.29. The van der Waals surface area contributed by atoms with Gasteiger partial charge in [-0.3, -0.25) is 0 Å². The molecule has 1 saturated carbocycles. The molecule has 0 bridgehead atoms. The largest absolute Gasteiger partial charge is 0.496 e. The normalized spacial score (nSPS) is 17.5. The molecule has 2 heteroatoms. The van der Waals surface area contributed by atoms with Crippen LogP contribution in [0.2, 0.25) is 0 Å². The van der Waals surface area contributed by atoms with Crippen molar-refractivity contribution in [3.63, 3.8) is 0 Å². The molecule has 0 amide bonds. The van der Waals surface area contributed by atoms with Gasteiger partial charge in [-0.05, 0) is 42.9 Å². The van der Waals surface area contributed by atoms with Crippen LogP contribution in [0.1, 0.15) is 30.9 Å². The first-order chi connectivity index (χ1) is 7.17. The Bertz CT molecular complexity index is 356. The Morgan fingerprint density at radius 1 is 1.40 bits per heavy atom. The van der Waals surface area contributed by atoms with E-state index in [4.69, 9.17) is 10.5 Å². The quantitative estimate of drug-likeness (QED) is 0.818. The number of hydrogen-bond acceptors (Lipinski definition) is 2. The van der Waals surface area contributed by atoms with Crippen molar-refractivity contribution in [1.29, 1.82) is 0 Å². The highest BCUT2D eigenvalue weighted by Gasteiger charge is 2.38. The van der Waals surface area contributed by atoms with Crippen LogP contribution in [0.25, 0.3) is 0 Å². The summed E-state index contributed by atoms with van der Waals surface area (Å²) in [6.45, 7) is 2.17. The van der Waals surface area contributed by atoms with E-state index in [2.05, 4.69) is 25.1 Å². The molecule has 0 heterocycles. The Morgan fingerprint density at radius 2 is 2.13 bits per heavy atom. The first kappa shape index (κ1) is 10.5. The summed E-state index contributed by atoms with van der Waals surface area (Å²) in [6, 6.07) is 6.41. The molecule has 0 unspecified atom stereocenters. The van der Waals surface area contributed by atoms with E-state index < -0.39 is 0 Å². The Morgan fingerprint density at radius 3 is 2.67 bits per heavy atom. The maximum absolute atomic E-state index is 6.14. The lowest BCUT2D eigenvalue weighted by atomic mass is 10.0. The zero-order valence-electron chi connectivity index (χ0n) is 9.55. The molecule has 1 fully saturated rings. The lowest BCUT2D eigenvalue weighted by molar-refractivity contribution is 0.407. The first-order valence-corrected chi connectivity index (χ1v) is 5.61. The summed E-state index contributed by atoms with van der Waals surface area (Å²) in [5.41, 5.74) is 8.81. The van der Waals surface area contributed by atoms with Crippen LogP contribution in [0.15, 0.2) is 18.2 Å². The zero-order valence-corrected chi connectivity index (χ0v) is 9.55. The van der Waals surface area contributed by atoms with E-state index in [1.807, 2.05) is 0 Å². The van der Waals surface area contributed by atoms with Gasteiger partial charge in [0.15, 0.2) is 0 Å². The van der Waals surface area contributed by atoms with Gasteiger partial charge in [-0.15, -0.1) is 0 Å². The number of nitrogens with two attached hydrogens (primary N) is 1. The molecule has 15 heavy (non-hydrogen) atoms. The zero-order chi connectivity index (χ0) is 10.9. The molecule has 1 aliphatic carbocycles. The van der Waals surface area contributed by atoms with Crippen molar-refractivity contribution in [2.45, 2.75) is 38.1 Å². The number of hydrogen-bond donors (Lipinski definition) is 1. The minimum Gasteiger partial charge on any atom is -0.496 e. The van der Waals surface area contributed by atoms with E-state index in [1.54, 1.807) is 7.11 Å². The average Bonchev–Trinajstić information content (AvgIpc) is 2.96. The molecule has 1 aromatic carbocycles. The summed E-state index contributed by atoms with van der Waals surface area (Å²) in [7, 11) is 1.72.